The summed E-state index contributed by atoms with van der Waals surface area (Å²) in [6, 6.07) is 38.3. The zero-order chi connectivity index (χ0) is 30.0. The van der Waals surface area contributed by atoms with E-state index in [4.69, 9.17) is 0 Å². The number of hydrogen-bond donors (Lipinski definition) is 0. The van der Waals surface area contributed by atoms with Crippen molar-refractivity contribution in [2.75, 3.05) is 0 Å². The first-order chi connectivity index (χ1) is 19.5. The smallest absolute Gasteiger partial charge is 0.370 e. The van der Waals surface area contributed by atoms with Gasteiger partial charge in [-0.05, 0) is 73.4 Å². The van der Waals surface area contributed by atoms with Crippen LogP contribution in [0.3, 0.4) is 0 Å². The Hall–Kier alpha value is -3.53. The average molecular weight is 631 g/mol. The number of benzene rings is 4. The first-order valence-electron chi connectivity index (χ1n) is 13.0. The highest BCUT2D eigenvalue weighted by Crippen LogP contribution is 2.31. The third-order valence-corrected chi connectivity index (χ3v) is 9.58. The van der Waals surface area contributed by atoms with Crippen LogP contribution in [-0.4, -0.2) is 30.3 Å². The summed E-state index contributed by atoms with van der Waals surface area (Å²) in [6.07, 6.45) is -1.48. The van der Waals surface area contributed by atoms with E-state index in [-0.39, 0.29) is 37.2 Å². The van der Waals surface area contributed by atoms with Gasteiger partial charge in [0, 0.05) is 0 Å². The predicted molar refractivity (Wildman–Crippen MR) is 170 cm³/mol. The molecule has 0 saturated carbocycles. The van der Waals surface area contributed by atoms with Crippen molar-refractivity contribution in [2.24, 2.45) is 0 Å². The van der Waals surface area contributed by atoms with Crippen LogP contribution in [0.2, 0.25) is 0 Å². The second kappa shape index (κ2) is 16.9. The average Bonchev–Trinajstić information content (AvgIpc) is 2.98. The Kier molecular flexibility index (Phi) is 14.8. The molecule has 5 nitrogen and oxygen atoms in total. The molecule has 43 heavy (non-hydrogen) atoms. The van der Waals surface area contributed by atoms with Crippen LogP contribution in [0.4, 0.5) is 8.78 Å². The van der Waals surface area contributed by atoms with Gasteiger partial charge >= 0.3 is 11.2 Å². The molecular weight excluding hydrogens is 590 g/mol. The zero-order valence-corrected chi connectivity index (χ0v) is 24.6. The van der Waals surface area contributed by atoms with Gasteiger partial charge in [0.05, 0.1) is 16.5 Å². The zero-order valence-electron chi connectivity index (χ0n) is 22.9. The Morgan fingerprint density at radius 2 is 1.14 bits per heavy atom. The summed E-state index contributed by atoms with van der Waals surface area (Å²) in [5, 5.41) is -4.68. The largest absolute Gasteiger partial charge is 0.743 e. The molecule has 0 N–H and O–H groups in total. The maximum absolute atomic E-state index is 13.2. The molecule has 0 radical (unpaired) electrons. The summed E-state index contributed by atoms with van der Waals surface area (Å²) in [6.45, 7) is 4.65. The number of carbonyl (C=O) groups excluding carboxylic acids is 1. The van der Waals surface area contributed by atoms with Crippen molar-refractivity contribution in [2.45, 2.75) is 74.0 Å². The van der Waals surface area contributed by atoms with Gasteiger partial charge < -0.3 is 9.29 Å². The van der Waals surface area contributed by atoms with E-state index in [0.717, 1.165) is 12.0 Å². The highest BCUT2D eigenvalue weighted by Gasteiger charge is 2.46. The second-order valence-electron chi connectivity index (χ2n) is 9.24. The molecule has 2 atom stereocenters. The SMILES string of the molecule is C.C.CCC(C)c1ccc(C(=O)OC(C)C(F)(F)S(=O)(=O)[O-])cc1.c1ccc([S+](c2ccccc2)c2ccccc2)cc1. The number of hydrogen-bond acceptors (Lipinski definition) is 5. The molecule has 4 aromatic rings. The molecule has 4 aromatic carbocycles. The van der Waals surface area contributed by atoms with Crippen LogP contribution in [0.15, 0.2) is 130 Å². The summed E-state index contributed by atoms with van der Waals surface area (Å²) >= 11 is 0. The number of rotatable bonds is 9. The van der Waals surface area contributed by atoms with Crippen LogP contribution in [0.25, 0.3) is 0 Å². The van der Waals surface area contributed by atoms with E-state index in [0.29, 0.717) is 6.92 Å². The lowest BCUT2D eigenvalue weighted by atomic mass is 9.98. The first kappa shape index (κ1) is 37.5. The van der Waals surface area contributed by atoms with Gasteiger partial charge in [-0.15, -0.1) is 0 Å². The number of alkyl halides is 2. The summed E-state index contributed by atoms with van der Waals surface area (Å²) < 4.78 is 62.3. The molecular formula is C34H40F2O5S2. The van der Waals surface area contributed by atoms with Gasteiger partial charge in [0.25, 0.3) is 0 Å². The minimum absolute atomic E-state index is 0. The van der Waals surface area contributed by atoms with E-state index < -0.39 is 27.4 Å². The Morgan fingerprint density at radius 1 is 0.767 bits per heavy atom. The van der Waals surface area contributed by atoms with E-state index in [2.05, 4.69) is 95.7 Å². The Bertz CT molecular complexity index is 1390. The summed E-state index contributed by atoms with van der Waals surface area (Å²) in [5.74, 6) is -0.842. The minimum atomic E-state index is -5.91. The van der Waals surface area contributed by atoms with Gasteiger partial charge in [-0.25, -0.2) is 13.2 Å². The number of carbonyl (C=O) groups is 1. The normalized spacial score (nSPS) is 12.4. The molecule has 4 rings (SSSR count). The standard InChI is InChI=1S/C18H15S.C14H18F2O5S.2CH4/c1-4-10-16(11-5-1)19(17-12-6-2-7-13-17)18-14-8-3-9-15-18;1-4-9(2)11-5-7-12(8-6-11)13(17)21-10(3)14(15,16)22(18,19)20;;/h1-15H;5-10H,4H2,1-3H3,(H,18,19,20);2*1H4/q+1;;;/p-1. The summed E-state index contributed by atoms with van der Waals surface area (Å²) in [4.78, 5) is 15.8. The fraction of sp³-hybridized carbons (Fsp3) is 0.265. The third-order valence-electron chi connectivity index (χ3n) is 6.35. The maximum Gasteiger partial charge on any atom is 0.370 e. The van der Waals surface area contributed by atoms with Crippen molar-refractivity contribution in [3.05, 3.63) is 126 Å². The monoisotopic (exact) mass is 630 g/mol. The number of ether oxygens (including phenoxy) is 1. The molecule has 0 amide bonds. The molecule has 9 heteroatoms. The van der Waals surface area contributed by atoms with Crippen molar-refractivity contribution in [1.29, 1.82) is 0 Å². The lowest BCUT2D eigenvalue weighted by Gasteiger charge is -2.25. The Balaban J connectivity index is 0.000000413. The van der Waals surface area contributed by atoms with Crippen molar-refractivity contribution in [3.63, 3.8) is 0 Å². The van der Waals surface area contributed by atoms with Crippen LogP contribution < -0.4 is 0 Å². The molecule has 0 heterocycles. The molecule has 0 saturated heterocycles. The van der Waals surface area contributed by atoms with Crippen LogP contribution in [0.5, 0.6) is 0 Å². The lowest BCUT2D eigenvalue weighted by molar-refractivity contribution is -0.0554. The van der Waals surface area contributed by atoms with E-state index in [1.54, 1.807) is 12.1 Å². The van der Waals surface area contributed by atoms with Crippen LogP contribution in [0.1, 0.15) is 63.9 Å². The second-order valence-corrected chi connectivity index (χ2v) is 12.7. The Labute approximate surface area is 258 Å². The predicted octanol–water partition coefficient (Wildman–Crippen LogP) is 8.94. The molecule has 0 bridgehead atoms. The lowest BCUT2D eigenvalue weighted by Crippen LogP contribution is -2.42. The van der Waals surface area contributed by atoms with Crippen molar-refractivity contribution in [1.82, 2.24) is 0 Å². The molecule has 0 aliphatic rings. The van der Waals surface area contributed by atoms with Crippen LogP contribution >= 0.6 is 0 Å². The van der Waals surface area contributed by atoms with Crippen LogP contribution in [0, 0.1) is 0 Å². The highest BCUT2D eigenvalue weighted by molar-refractivity contribution is 7.97. The Morgan fingerprint density at radius 3 is 1.47 bits per heavy atom. The molecule has 0 aliphatic heterocycles. The molecule has 0 aromatic heterocycles. The fourth-order valence-electron chi connectivity index (χ4n) is 3.76. The van der Waals surface area contributed by atoms with Gasteiger partial charge in [-0.3, -0.25) is 0 Å². The quantitative estimate of drug-likeness (QED) is 0.105. The summed E-state index contributed by atoms with van der Waals surface area (Å²) in [5.41, 5.74) is 0.970. The molecule has 0 aliphatic carbocycles. The topological polar surface area (TPSA) is 83.5 Å². The molecule has 0 spiro atoms. The highest BCUT2D eigenvalue weighted by atomic mass is 32.2. The van der Waals surface area contributed by atoms with Crippen molar-refractivity contribution >= 4 is 27.0 Å². The maximum atomic E-state index is 13.2. The third kappa shape index (κ3) is 10.0. The minimum Gasteiger partial charge on any atom is -0.743 e. The first-order valence-corrected chi connectivity index (χ1v) is 15.6. The van der Waals surface area contributed by atoms with Gasteiger partial charge in [0.2, 0.25) is 0 Å². The number of halogens is 2. The van der Waals surface area contributed by atoms with Crippen molar-refractivity contribution in [3.8, 4) is 0 Å². The van der Waals surface area contributed by atoms with E-state index in [1.807, 2.05) is 13.8 Å². The molecule has 2 unspecified atom stereocenters. The van der Waals surface area contributed by atoms with Crippen molar-refractivity contribution < 1.29 is 31.3 Å². The van der Waals surface area contributed by atoms with Gasteiger partial charge in [0.15, 0.2) is 30.9 Å². The van der Waals surface area contributed by atoms with E-state index in [1.165, 1.54) is 26.8 Å². The van der Waals surface area contributed by atoms with Gasteiger partial charge in [-0.1, -0.05) is 95.4 Å². The fourth-order valence-corrected chi connectivity index (χ4v) is 6.32. The summed E-state index contributed by atoms with van der Waals surface area (Å²) in [7, 11) is -5.93. The van der Waals surface area contributed by atoms with E-state index >= 15 is 0 Å². The van der Waals surface area contributed by atoms with Gasteiger partial charge in [-0.2, -0.15) is 8.78 Å². The molecule has 232 valence electrons. The van der Waals surface area contributed by atoms with Gasteiger partial charge in [0.1, 0.15) is 0 Å². The molecule has 0 fully saturated rings. The van der Waals surface area contributed by atoms with Crippen LogP contribution in [-0.2, 0) is 25.7 Å². The van der Waals surface area contributed by atoms with E-state index in [9.17, 15) is 26.5 Å². The number of esters is 1.